The van der Waals surface area contributed by atoms with Crippen LogP contribution in [0.1, 0.15) is 22.3 Å². The molecule has 8 nitrogen and oxygen atoms in total. The summed E-state index contributed by atoms with van der Waals surface area (Å²) in [4.78, 5) is 12.8. The van der Waals surface area contributed by atoms with Crippen molar-refractivity contribution >= 4 is 43.0 Å². The van der Waals surface area contributed by atoms with E-state index in [1.165, 1.54) is 16.4 Å². The Labute approximate surface area is 193 Å². The number of nitrogens with one attached hydrogen (secondary N) is 2. The zero-order chi connectivity index (χ0) is 23.6. The molecule has 0 aromatic heterocycles. The molecular weight excluding hydrogens is 462 g/mol. The third-order valence-corrected chi connectivity index (χ3v) is 8.56. The smallest absolute Gasteiger partial charge is 0.261 e. The Hall–Kier alpha value is -3.37. The van der Waals surface area contributed by atoms with Crippen LogP contribution < -0.4 is 14.3 Å². The van der Waals surface area contributed by atoms with Gasteiger partial charge in [-0.15, -0.1) is 0 Å². The van der Waals surface area contributed by atoms with E-state index in [2.05, 4.69) is 10.0 Å². The number of hydrogen-bond donors (Lipinski definition) is 2. The lowest BCUT2D eigenvalue weighted by Crippen LogP contribution is -2.25. The quantitative estimate of drug-likeness (QED) is 0.554. The standard InChI is InChI=1S/C23H23N3O5S2/c1-17-8-11-19(16-22(17)25-33(30,31)21-6-3-2-4-7-21)24-23(27)18-9-12-20(13-10-18)26-14-5-15-32(26,28)29/h2-4,6-13,16,25H,5,14-15H2,1H3,(H,24,27). The van der Waals surface area contributed by atoms with Crippen LogP contribution in [0.2, 0.25) is 0 Å². The van der Waals surface area contributed by atoms with Gasteiger partial charge in [-0.2, -0.15) is 0 Å². The van der Waals surface area contributed by atoms with Crippen molar-refractivity contribution in [3.63, 3.8) is 0 Å². The monoisotopic (exact) mass is 485 g/mol. The molecule has 0 aliphatic carbocycles. The summed E-state index contributed by atoms with van der Waals surface area (Å²) < 4.78 is 53.3. The summed E-state index contributed by atoms with van der Waals surface area (Å²) in [6, 6.07) is 19.3. The second kappa shape index (κ2) is 8.87. The zero-order valence-electron chi connectivity index (χ0n) is 17.9. The Bertz CT molecular complexity index is 1390. The first-order valence-electron chi connectivity index (χ1n) is 10.3. The van der Waals surface area contributed by atoms with Gasteiger partial charge < -0.3 is 5.32 Å². The Morgan fingerprint density at radius 2 is 1.67 bits per heavy atom. The normalized spacial score (nSPS) is 15.2. The van der Waals surface area contributed by atoms with Crippen molar-refractivity contribution in [1.29, 1.82) is 0 Å². The number of sulfonamides is 2. The fraction of sp³-hybridized carbons (Fsp3) is 0.174. The number of carbonyl (C=O) groups excluding carboxylic acids is 1. The molecular formula is C23H23N3O5S2. The van der Waals surface area contributed by atoms with Crippen molar-refractivity contribution in [2.45, 2.75) is 18.2 Å². The van der Waals surface area contributed by atoms with Crippen LogP contribution in [0.3, 0.4) is 0 Å². The van der Waals surface area contributed by atoms with Crippen molar-refractivity contribution < 1.29 is 21.6 Å². The molecule has 0 spiro atoms. The number of hydrogen-bond acceptors (Lipinski definition) is 5. The molecule has 4 rings (SSSR count). The fourth-order valence-electron chi connectivity index (χ4n) is 3.52. The molecule has 0 bridgehead atoms. The van der Waals surface area contributed by atoms with E-state index in [-0.39, 0.29) is 10.6 Å². The number of anilines is 3. The van der Waals surface area contributed by atoms with Crippen molar-refractivity contribution in [1.82, 2.24) is 0 Å². The largest absolute Gasteiger partial charge is 0.322 e. The van der Waals surface area contributed by atoms with Gasteiger partial charge in [-0.3, -0.25) is 13.8 Å². The molecule has 0 saturated carbocycles. The van der Waals surface area contributed by atoms with Gasteiger partial charge in [0.2, 0.25) is 10.0 Å². The van der Waals surface area contributed by atoms with Gasteiger partial charge in [-0.1, -0.05) is 24.3 Å². The van der Waals surface area contributed by atoms with Crippen LogP contribution in [0.5, 0.6) is 0 Å². The number of carbonyl (C=O) groups is 1. The summed E-state index contributed by atoms with van der Waals surface area (Å²) in [5.41, 5.74) is 2.34. The highest BCUT2D eigenvalue weighted by molar-refractivity contribution is 7.93. The summed E-state index contributed by atoms with van der Waals surface area (Å²) in [6.07, 6.45) is 0.578. The van der Waals surface area contributed by atoms with E-state index >= 15 is 0 Å². The predicted octanol–water partition coefficient (Wildman–Crippen LogP) is 3.59. The average molecular weight is 486 g/mol. The molecule has 0 unspecified atom stereocenters. The summed E-state index contributed by atoms with van der Waals surface area (Å²) in [7, 11) is -7.06. The zero-order valence-corrected chi connectivity index (χ0v) is 19.5. The highest BCUT2D eigenvalue weighted by atomic mass is 32.2. The third kappa shape index (κ3) is 5.01. The minimum Gasteiger partial charge on any atom is -0.322 e. The molecule has 0 radical (unpaired) electrons. The Morgan fingerprint density at radius 1 is 0.970 bits per heavy atom. The molecule has 1 aliphatic heterocycles. The van der Waals surface area contributed by atoms with E-state index in [1.807, 2.05) is 0 Å². The van der Waals surface area contributed by atoms with Crippen LogP contribution in [0.25, 0.3) is 0 Å². The van der Waals surface area contributed by atoms with Crippen LogP contribution in [0, 0.1) is 6.92 Å². The van der Waals surface area contributed by atoms with Gasteiger partial charge in [0.1, 0.15) is 0 Å². The van der Waals surface area contributed by atoms with Gasteiger partial charge in [0.05, 0.1) is 22.0 Å². The van der Waals surface area contributed by atoms with E-state index in [9.17, 15) is 21.6 Å². The van der Waals surface area contributed by atoms with Gasteiger partial charge in [-0.05, 0) is 67.4 Å². The minimum atomic E-state index is -3.77. The topological polar surface area (TPSA) is 113 Å². The average Bonchev–Trinajstić information content (AvgIpc) is 3.15. The van der Waals surface area contributed by atoms with E-state index in [1.54, 1.807) is 67.6 Å². The number of nitrogens with zero attached hydrogens (tertiary/aromatic N) is 1. The second-order valence-corrected chi connectivity index (χ2v) is 11.4. The maximum Gasteiger partial charge on any atom is 0.261 e. The number of benzene rings is 3. The second-order valence-electron chi connectivity index (χ2n) is 7.69. The van der Waals surface area contributed by atoms with Crippen molar-refractivity contribution in [3.8, 4) is 0 Å². The van der Waals surface area contributed by atoms with E-state index in [0.29, 0.717) is 41.2 Å². The lowest BCUT2D eigenvalue weighted by Gasteiger charge is -2.17. The minimum absolute atomic E-state index is 0.124. The molecule has 1 fully saturated rings. The van der Waals surface area contributed by atoms with Crippen molar-refractivity contribution in [3.05, 3.63) is 83.9 Å². The number of amides is 1. The van der Waals surface area contributed by atoms with Crippen LogP contribution in [-0.4, -0.2) is 35.0 Å². The highest BCUT2D eigenvalue weighted by Crippen LogP contribution is 2.26. The summed E-state index contributed by atoms with van der Waals surface area (Å²) in [6.45, 7) is 2.19. The number of rotatable bonds is 6. The van der Waals surface area contributed by atoms with E-state index in [4.69, 9.17) is 0 Å². The molecule has 1 heterocycles. The molecule has 3 aromatic carbocycles. The Balaban J connectivity index is 1.50. The molecule has 172 valence electrons. The fourth-order valence-corrected chi connectivity index (χ4v) is 6.23. The number of aryl methyl sites for hydroxylation is 1. The summed E-state index contributed by atoms with van der Waals surface area (Å²) in [5, 5.41) is 2.75. The Morgan fingerprint density at radius 3 is 2.30 bits per heavy atom. The van der Waals surface area contributed by atoms with E-state index in [0.717, 1.165) is 0 Å². The molecule has 1 saturated heterocycles. The van der Waals surface area contributed by atoms with Crippen LogP contribution in [0.4, 0.5) is 17.1 Å². The van der Waals surface area contributed by atoms with Gasteiger partial charge in [0, 0.05) is 17.8 Å². The summed E-state index contributed by atoms with van der Waals surface area (Å²) in [5.74, 6) is -0.273. The molecule has 3 aromatic rings. The Kier molecular flexibility index (Phi) is 6.13. The first kappa shape index (κ1) is 22.8. The maximum absolute atomic E-state index is 12.7. The maximum atomic E-state index is 12.7. The lowest BCUT2D eigenvalue weighted by atomic mass is 10.1. The lowest BCUT2D eigenvalue weighted by molar-refractivity contribution is 0.102. The molecule has 1 amide bonds. The molecule has 33 heavy (non-hydrogen) atoms. The van der Waals surface area contributed by atoms with E-state index < -0.39 is 26.0 Å². The molecule has 10 heteroatoms. The van der Waals surface area contributed by atoms with Gasteiger partial charge in [0.25, 0.3) is 15.9 Å². The third-order valence-electron chi connectivity index (χ3n) is 5.31. The first-order chi connectivity index (χ1) is 15.7. The predicted molar refractivity (Wildman–Crippen MR) is 129 cm³/mol. The molecule has 0 atom stereocenters. The molecule has 1 aliphatic rings. The van der Waals surface area contributed by atoms with Gasteiger partial charge in [-0.25, -0.2) is 16.8 Å². The van der Waals surface area contributed by atoms with Crippen molar-refractivity contribution in [2.24, 2.45) is 0 Å². The van der Waals surface area contributed by atoms with Crippen molar-refractivity contribution in [2.75, 3.05) is 26.6 Å². The van der Waals surface area contributed by atoms with Crippen LogP contribution in [-0.2, 0) is 20.0 Å². The first-order valence-corrected chi connectivity index (χ1v) is 13.4. The van der Waals surface area contributed by atoms with Gasteiger partial charge in [0.15, 0.2) is 0 Å². The highest BCUT2D eigenvalue weighted by Gasteiger charge is 2.28. The van der Waals surface area contributed by atoms with Crippen LogP contribution >= 0.6 is 0 Å². The van der Waals surface area contributed by atoms with Gasteiger partial charge >= 0.3 is 0 Å². The SMILES string of the molecule is Cc1ccc(NC(=O)c2ccc(N3CCCS3(=O)=O)cc2)cc1NS(=O)(=O)c1ccccc1. The van der Waals surface area contributed by atoms with Crippen LogP contribution in [0.15, 0.2) is 77.7 Å². The summed E-state index contributed by atoms with van der Waals surface area (Å²) >= 11 is 0. The molecule has 2 N–H and O–H groups in total.